The molecule has 0 fully saturated rings. The van der Waals surface area contributed by atoms with Crippen LogP contribution in [-0.2, 0) is 11.3 Å². The van der Waals surface area contributed by atoms with Gasteiger partial charge in [0, 0.05) is 17.1 Å². The van der Waals surface area contributed by atoms with E-state index in [1.165, 1.54) is 0 Å². The van der Waals surface area contributed by atoms with Gasteiger partial charge in [0.15, 0.2) is 0 Å². The van der Waals surface area contributed by atoms with Crippen LogP contribution in [-0.4, -0.2) is 28.6 Å². The van der Waals surface area contributed by atoms with E-state index in [0.717, 1.165) is 16.9 Å². The smallest absolute Gasteiger partial charge is 0.251 e. The van der Waals surface area contributed by atoms with Crippen molar-refractivity contribution >= 4 is 28.5 Å². The fourth-order valence-corrected chi connectivity index (χ4v) is 3.15. The molecule has 1 atom stereocenters. The van der Waals surface area contributed by atoms with Crippen molar-refractivity contribution in [2.45, 2.75) is 12.6 Å². The van der Waals surface area contributed by atoms with Gasteiger partial charge in [-0.2, -0.15) is 0 Å². The number of imidazole rings is 1. The Morgan fingerprint density at radius 1 is 1.25 bits per heavy atom. The van der Waals surface area contributed by atoms with Gasteiger partial charge >= 0.3 is 0 Å². The summed E-state index contributed by atoms with van der Waals surface area (Å²) in [5.74, 6) is 0.774. The van der Waals surface area contributed by atoms with Crippen LogP contribution in [0.2, 0.25) is 5.02 Å². The molecule has 2 heterocycles. The second-order valence-corrected chi connectivity index (χ2v) is 6.21. The topological polar surface area (TPSA) is 56.1 Å². The zero-order valence-electron chi connectivity index (χ0n) is 12.9. The number of hydrogen-bond donors (Lipinski definition) is 1. The zero-order chi connectivity index (χ0) is 16.5. The van der Waals surface area contributed by atoms with Gasteiger partial charge in [0.05, 0.1) is 23.7 Å². The van der Waals surface area contributed by atoms with Gasteiger partial charge in [0.1, 0.15) is 12.4 Å². The lowest BCUT2D eigenvalue weighted by molar-refractivity contribution is 0.0553. The molecular formula is C18H16ClN3O2. The van der Waals surface area contributed by atoms with Gasteiger partial charge in [0.25, 0.3) is 5.91 Å². The molecule has 0 aliphatic carbocycles. The molecule has 2 aromatic carbocycles. The van der Waals surface area contributed by atoms with Crippen molar-refractivity contribution in [3.63, 3.8) is 0 Å². The summed E-state index contributed by atoms with van der Waals surface area (Å²) in [6, 6.07) is 14.9. The van der Waals surface area contributed by atoms with Gasteiger partial charge in [-0.1, -0.05) is 23.7 Å². The van der Waals surface area contributed by atoms with E-state index in [4.69, 9.17) is 16.3 Å². The predicted molar refractivity (Wildman–Crippen MR) is 92.2 cm³/mol. The largest absolute Gasteiger partial charge is 0.371 e. The van der Waals surface area contributed by atoms with Crippen LogP contribution in [0.5, 0.6) is 0 Å². The molecular weight excluding hydrogens is 326 g/mol. The Bertz CT molecular complexity index is 889. The lowest BCUT2D eigenvalue weighted by atomic mass is 10.2. The number of aromatic nitrogens is 2. The van der Waals surface area contributed by atoms with Crippen molar-refractivity contribution < 1.29 is 9.53 Å². The van der Waals surface area contributed by atoms with Crippen LogP contribution in [0, 0.1) is 0 Å². The molecule has 6 heteroatoms. The molecule has 0 bridgehead atoms. The third-order valence-corrected chi connectivity index (χ3v) is 4.43. The van der Waals surface area contributed by atoms with Gasteiger partial charge in [0.2, 0.25) is 0 Å². The average molecular weight is 342 g/mol. The van der Waals surface area contributed by atoms with Crippen molar-refractivity contribution in [1.29, 1.82) is 0 Å². The van der Waals surface area contributed by atoms with Crippen LogP contribution in [0.3, 0.4) is 0 Å². The zero-order valence-corrected chi connectivity index (χ0v) is 13.7. The summed E-state index contributed by atoms with van der Waals surface area (Å²) in [4.78, 5) is 16.9. The minimum Gasteiger partial charge on any atom is -0.371 e. The number of carbonyl (C=O) groups excluding carboxylic acids is 1. The molecule has 1 amide bonds. The molecule has 122 valence electrons. The SMILES string of the molecule is O=C(NCC1COCc2nc3ccccc3n21)c1ccc(Cl)cc1. The van der Waals surface area contributed by atoms with E-state index in [1.54, 1.807) is 24.3 Å². The fourth-order valence-electron chi connectivity index (χ4n) is 3.03. The van der Waals surface area contributed by atoms with E-state index in [9.17, 15) is 4.79 Å². The van der Waals surface area contributed by atoms with E-state index in [-0.39, 0.29) is 11.9 Å². The molecule has 0 radical (unpaired) electrons. The highest BCUT2D eigenvalue weighted by Crippen LogP contribution is 2.25. The number of nitrogens with zero attached hydrogens (tertiary/aromatic N) is 2. The van der Waals surface area contributed by atoms with E-state index in [2.05, 4.69) is 14.9 Å². The number of rotatable bonds is 3. The van der Waals surface area contributed by atoms with E-state index >= 15 is 0 Å². The maximum Gasteiger partial charge on any atom is 0.251 e. The Hall–Kier alpha value is -2.37. The second-order valence-electron chi connectivity index (χ2n) is 5.77. The molecule has 1 aromatic heterocycles. The number of benzene rings is 2. The highest BCUT2D eigenvalue weighted by Gasteiger charge is 2.24. The van der Waals surface area contributed by atoms with Gasteiger partial charge in [-0.05, 0) is 36.4 Å². The van der Waals surface area contributed by atoms with Crippen molar-refractivity contribution in [2.24, 2.45) is 0 Å². The number of hydrogen-bond acceptors (Lipinski definition) is 3. The van der Waals surface area contributed by atoms with Crippen molar-refractivity contribution in [1.82, 2.24) is 14.9 Å². The Morgan fingerprint density at radius 2 is 2.04 bits per heavy atom. The van der Waals surface area contributed by atoms with Crippen LogP contribution < -0.4 is 5.32 Å². The molecule has 0 saturated heterocycles. The first-order valence-electron chi connectivity index (χ1n) is 7.80. The minimum atomic E-state index is -0.122. The van der Waals surface area contributed by atoms with Gasteiger partial charge in [-0.15, -0.1) is 0 Å². The third kappa shape index (κ3) is 2.77. The van der Waals surface area contributed by atoms with Crippen LogP contribution in [0.15, 0.2) is 48.5 Å². The number of fused-ring (bicyclic) bond motifs is 3. The van der Waals surface area contributed by atoms with E-state index < -0.39 is 0 Å². The highest BCUT2D eigenvalue weighted by molar-refractivity contribution is 6.30. The van der Waals surface area contributed by atoms with Crippen LogP contribution in [0.25, 0.3) is 11.0 Å². The standard InChI is InChI=1S/C18H16ClN3O2/c19-13-7-5-12(6-8-13)18(23)20-9-14-10-24-11-17-21-15-3-1-2-4-16(15)22(14)17/h1-8,14H,9-11H2,(H,20,23). The number of nitrogens with one attached hydrogen (secondary N) is 1. The number of ether oxygens (including phenoxy) is 1. The number of para-hydroxylation sites is 2. The molecule has 4 rings (SSSR count). The summed E-state index contributed by atoms with van der Waals surface area (Å²) in [6.07, 6.45) is 0. The van der Waals surface area contributed by atoms with E-state index in [1.807, 2.05) is 24.3 Å². The average Bonchev–Trinajstić information content (AvgIpc) is 2.99. The monoisotopic (exact) mass is 341 g/mol. The lowest BCUT2D eigenvalue weighted by Gasteiger charge is -2.26. The Balaban J connectivity index is 1.54. The van der Waals surface area contributed by atoms with Gasteiger partial charge in [-0.3, -0.25) is 4.79 Å². The summed E-state index contributed by atoms with van der Waals surface area (Å²) < 4.78 is 7.81. The number of amides is 1. The molecule has 0 spiro atoms. The number of halogens is 1. The van der Waals surface area contributed by atoms with Gasteiger partial charge in [-0.25, -0.2) is 4.98 Å². The Morgan fingerprint density at radius 3 is 2.88 bits per heavy atom. The summed E-state index contributed by atoms with van der Waals surface area (Å²) >= 11 is 5.86. The summed E-state index contributed by atoms with van der Waals surface area (Å²) in [7, 11) is 0. The third-order valence-electron chi connectivity index (χ3n) is 4.18. The van der Waals surface area contributed by atoms with E-state index in [0.29, 0.717) is 30.3 Å². The molecule has 24 heavy (non-hydrogen) atoms. The normalized spacial score (nSPS) is 16.8. The van der Waals surface area contributed by atoms with Crippen LogP contribution >= 0.6 is 11.6 Å². The van der Waals surface area contributed by atoms with Gasteiger partial charge < -0.3 is 14.6 Å². The van der Waals surface area contributed by atoms with Crippen molar-refractivity contribution in [2.75, 3.05) is 13.2 Å². The quantitative estimate of drug-likeness (QED) is 0.796. The lowest BCUT2D eigenvalue weighted by Crippen LogP contribution is -2.35. The Kier molecular flexibility index (Phi) is 3.96. The first-order chi connectivity index (χ1) is 11.7. The molecule has 1 aliphatic rings. The summed E-state index contributed by atoms with van der Waals surface area (Å²) in [6.45, 7) is 1.53. The molecule has 0 saturated carbocycles. The Labute approximate surface area is 144 Å². The minimum absolute atomic E-state index is 0.0254. The molecule has 3 aromatic rings. The first-order valence-corrected chi connectivity index (χ1v) is 8.17. The summed E-state index contributed by atoms with van der Waals surface area (Å²) in [5, 5.41) is 3.59. The maximum absolute atomic E-state index is 12.3. The fraction of sp³-hybridized carbons (Fsp3) is 0.222. The summed E-state index contributed by atoms with van der Waals surface area (Å²) in [5.41, 5.74) is 2.61. The molecule has 1 aliphatic heterocycles. The first kappa shape index (κ1) is 15.2. The highest BCUT2D eigenvalue weighted by atomic mass is 35.5. The number of carbonyl (C=O) groups is 1. The van der Waals surface area contributed by atoms with Crippen molar-refractivity contribution in [3.05, 3.63) is 64.9 Å². The maximum atomic E-state index is 12.3. The second kappa shape index (κ2) is 6.26. The molecule has 5 nitrogen and oxygen atoms in total. The van der Waals surface area contributed by atoms with Crippen LogP contribution in [0.1, 0.15) is 22.2 Å². The van der Waals surface area contributed by atoms with Crippen LogP contribution in [0.4, 0.5) is 0 Å². The predicted octanol–water partition coefficient (Wildman–Crippen LogP) is 3.19. The van der Waals surface area contributed by atoms with Crippen molar-refractivity contribution in [3.8, 4) is 0 Å². The molecule has 1 N–H and O–H groups in total. The molecule has 1 unspecified atom stereocenters.